The molecular formula is C28H26N4O3. The molecule has 2 aromatic carbocycles. The van der Waals surface area contributed by atoms with Gasteiger partial charge in [0.25, 0.3) is 5.91 Å². The van der Waals surface area contributed by atoms with Gasteiger partial charge in [-0.3, -0.25) is 4.79 Å². The molecule has 1 amide bonds. The summed E-state index contributed by atoms with van der Waals surface area (Å²) in [6, 6.07) is 19.4. The highest BCUT2D eigenvalue weighted by Crippen LogP contribution is 2.35. The third kappa shape index (κ3) is 4.69. The Bertz CT molecular complexity index is 1420. The Labute approximate surface area is 203 Å². The Balaban J connectivity index is 1.57. The van der Waals surface area contributed by atoms with Gasteiger partial charge >= 0.3 is 0 Å². The van der Waals surface area contributed by atoms with Crippen LogP contribution in [0.2, 0.25) is 0 Å². The molecule has 0 spiro atoms. The van der Waals surface area contributed by atoms with Crippen molar-refractivity contribution in [2.75, 3.05) is 7.11 Å². The highest BCUT2D eigenvalue weighted by Gasteiger charge is 2.21. The van der Waals surface area contributed by atoms with E-state index in [2.05, 4.69) is 11.4 Å². The second-order valence-corrected chi connectivity index (χ2v) is 8.68. The average Bonchev–Trinajstić information content (AvgIpc) is 3.52. The number of carbonyl (C=O) groups excluding carboxylic acids is 1. The third-order valence-electron chi connectivity index (χ3n) is 6.33. The Morgan fingerprint density at radius 2 is 1.97 bits per heavy atom. The summed E-state index contributed by atoms with van der Waals surface area (Å²) < 4.78 is 13.3. The molecule has 4 aromatic rings. The van der Waals surface area contributed by atoms with Crippen LogP contribution in [0, 0.1) is 11.3 Å². The SMILES string of the molecule is COc1cccc2cc(-c3nn(-c4ccccc4)cc3/C=C(/C#N)C(=O)NC3CCCCC3)oc12. The molecule has 1 fully saturated rings. The van der Waals surface area contributed by atoms with E-state index in [-0.39, 0.29) is 17.5 Å². The van der Waals surface area contributed by atoms with Gasteiger partial charge in [0.2, 0.25) is 0 Å². The average molecular weight is 467 g/mol. The van der Waals surface area contributed by atoms with Crippen LogP contribution < -0.4 is 10.1 Å². The molecule has 0 aliphatic heterocycles. The van der Waals surface area contributed by atoms with E-state index in [9.17, 15) is 10.1 Å². The van der Waals surface area contributed by atoms with Crippen LogP contribution >= 0.6 is 0 Å². The number of nitriles is 1. The number of furan rings is 1. The van der Waals surface area contributed by atoms with E-state index in [1.54, 1.807) is 24.1 Å². The minimum absolute atomic E-state index is 0.0399. The zero-order chi connectivity index (χ0) is 24.2. The Hall–Kier alpha value is -4.31. The number of benzene rings is 2. The maximum absolute atomic E-state index is 12.9. The van der Waals surface area contributed by atoms with Crippen molar-refractivity contribution < 1.29 is 13.9 Å². The molecule has 176 valence electrons. The maximum Gasteiger partial charge on any atom is 0.262 e. The molecule has 1 N–H and O–H groups in total. The maximum atomic E-state index is 12.9. The summed E-state index contributed by atoms with van der Waals surface area (Å²) >= 11 is 0. The van der Waals surface area contributed by atoms with Crippen LogP contribution in [-0.4, -0.2) is 28.8 Å². The number of rotatable bonds is 6. The lowest BCUT2D eigenvalue weighted by atomic mass is 9.95. The minimum atomic E-state index is -0.357. The number of ether oxygens (including phenoxy) is 1. The van der Waals surface area contributed by atoms with E-state index in [1.807, 2.05) is 54.6 Å². The number of fused-ring (bicyclic) bond motifs is 1. The molecule has 0 radical (unpaired) electrons. The van der Waals surface area contributed by atoms with Gasteiger partial charge < -0.3 is 14.5 Å². The minimum Gasteiger partial charge on any atom is -0.493 e. The summed E-state index contributed by atoms with van der Waals surface area (Å²) in [7, 11) is 1.60. The number of para-hydroxylation sites is 2. The summed E-state index contributed by atoms with van der Waals surface area (Å²) in [6.07, 6.45) is 8.67. The predicted molar refractivity (Wildman–Crippen MR) is 134 cm³/mol. The molecule has 0 unspecified atom stereocenters. The molecule has 1 saturated carbocycles. The number of amides is 1. The standard InChI is InChI=1S/C28H26N4O3/c1-34-24-14-8-9-19-16-25(35-27(19)24)26-21(18-32(31-26)23-12-6-3-7-13-23)15-20(17-29)28(33)30-22-10-4-2-5-11-22/h3,6-9,12-16,18,22H,2,4-5,10-11H2,1H3,(H,30,33)/b20-15-. The van der Waals surface area contributed by atoms with Crippen molar-refractivity contribution >= 4 is 23.0 Å². The molecule has 0 saturated heterocycles. The Morgan fingerprint density at radius 3 is 2.71 bits per heavy atom. The number of carbonyl (C=O) groups is 1. The van der Waals surface area contributed by atoms with Crippen LogP contribution in [0.15, 0.2) is 70.8 Å². The van der Waals surface area contributed by atoms with E-state index < -0.39 is 0 Å². The lowest BCUT2D eigenvalue weighted by Gasteiger charge is -2.22. The predicted octanol–water partition coefficient (Wildman–Crippen LogP) is 5.65. The molecule has 7 nitrogen and oxygen atoms in total. The third-order valence-corrected chi connectivity index (χ3v) is 6.33. The van der Waals surface area contributed by atoms with Crippen LogP contribution in [-0.2, 0) is 4.79 Å². The van der Waals surface area contributed by atoms with Gasteiger partial charge in [-0.2, -0.15) is 10.4 Å². The number of aromatic nitrogens is 2. The molecule has 1 aliphatic rings. The Morgan fingerprint density at radius 1 is 1.17 bits per heavy atom. The van der Waals surface area contributed by atoms with Gasteiger partial charge in [0.15, 0.2) is 17.1 Å². The Kier molecular flexibility index (Phi) is 6.36. The van der Waals surface area contributed by atoms with Crippen LogP contribution in [0.1, 0.15) is 37.7 Å². The summed E-state index contributed by atoms with van der Waals surface area (Å²) in [5, 5.41) is 18.5. The summed E-state index contributed by atoms with van der Waals surface area (Å²) in [5.41, 5.74) is 2.66. The summed E-state index contributed by atoms with van der Waals surface area (Å²) in [5.74, 6) is 0.789. The van der Waals surface area contributed by atoms with Gasteiger partial charge in [-0.05, 0) is 43.2 Å². The van der Waals surface area contributed by atoms with Gasteiger partial charge in [-0.15, -0.1) is 0 Å². The van der Waals surface area contributed by atoms with E-state index in [0.29, 0.717) is 28.4 Å². The molecule has 35 heavy (non-hydrogen) atoms. The zero-order valence-electron chi connectivity index (χ0n) is 19.5. The first kappa shape index (κ1) is 22.5. The lowest BCUT2D eigenvalue weighted by molar-refractivity contribution is -0.117. The van der Waals surface area contributed by atoms with Crippen molar-refractivity contribution in [3.63, 3.8) is 0 Å². The van der Waals surface area contributed by atoms with Gasteiger partial charge in [-0.1, -0.05) is 49.6 Å². The number of nitrogens with one attached hydrogen (secondary N) is 1. The monoisotopic (exact) mass is 466 g/mol. The van der Waals surface area contributed by atoms with Gasteiger partial charge in [-0.25, -0.2) is 4.68 Å². The van der Waals surface area contributed by atoms with Crippen molar-refractivity contribution in [2.45, 2.75) is 38.1 Å². The number of nitrogens with zero attached hydrogens (tertiary/aromatic N) is 3. The van der Waals surface area contributed by atoms with Crippen molar-refractivity contribution in [1.82, 2.24) is 15.1 Å². The van der Waals surface area contributed by atoms with Crippen LogP contribution in [0.25, 0.3) is 34.2 Å². The molecule has 1 aliphatic carbocycles. The number of hydrogen-bond donors (Lipinski definition) is 1. The number of methoxy groups -OCH3 is 1. The molecule has 2 heterocycles. The first-order valence-corrected chi connectivity index (χ1v) is 11.8. The van der Waals surface area contributed by atoms with E-state index >= 15 is 0 Å². The highest BCUT2D eigenvalue weighted by molar-refractivity contribution is 6.02. The van der Waals surface area contributed by atoms with E-state index in [1.165, 1.54) is 6.42 Å². The largest absolute Gasteiger partial charge is 0.493 e. The highest BCUT2D eigenvalue weighted by atomic mass is 16.5. The molecule has 0 bridgehead atoms. The fourth-order valence-electron chi connectivity index (χ4n) is 4.53. The van der Waals surface area contributed by atoms with Gasteiger partial charge in [0.05, 0.1) is 12.8 Å². The molecule has 5 rings (SSSR count). The smallest absolute Gasteiger partial charge is 0.262 e. The van der Waals surface area contributed by atoms with E-state index in [4.69, 9.17) is 14.3 Å². The van der Waals surface area contributed by atoms with Crippen LogP contribution in [0.3, 0.4) is 0 Å². The second-order valence-electron chi connectivity index (χ2n) is 8.68. The summed E-state index contributed by atoms with van der Waals surface area (Å²) in [6.45, 7) is 0. The second kappa shape index (κ2) is 9.90. The molecule has 0 atom stereocenters. The van der Waals surface area contributed by atoms with Gasteiger partial charge in [0.1, 0.15) is 17.3 Å². The van der Waals surface area contributed by atoms with Crippen molar-refractivity contribution in [3.05, 3.63) is 71.9 Å². The van der Waals surface area contributed by atoms with Crippen LogP contribution in [0.5, 0.6) is 5.75 Å². The molecule has 7 heteroatoms. The topological polar surface area (TPSA) is 93.1 Å². The lowest BCUT2D eigenvalue weighted by Crippen LogP contribution is -2.36. The number of hydrogen-bond acceptors (Lipinski definition) is 5. The first-order valence-electron chi connectivity index (χ1n) is 11.8. The fraction of sp³-hybridized carbons (Fsp3) is 0.250. The molecular weight excluding hydrogens is 440 g/mol. The van der Waals surface area contributed by atoms with Crippen molar-refractivity contribution in [3.8, 4) is 29.0 Å². The van der Waals surface area contributed by atoms with Crippen molar-refractivity contribution in [1.29, 1.82) is 5.26 Å². The molecule has 2 aromatic heterocycles. The fourth-order valence-corrected chi connectivity index (χ4v) is 4.53. The van der Waals surface area contributed by atoms with Crippen LogP contribution in [0.4, 0.5) is 0 Å². The summed E-state index contributed by atoms with van der Waals surface area (Å²) in [4.78, 5) is 12.9. The zero-order valence-corrected chi connectivity index (χ0v) is 19.5. The normalized spacial score (nSPS) is 14.6. The first-order chi connectivity index (χ1) is 17.2. The van der Waals surface area contributed by atoms with Gasteiger partial charge in [0, 0.05) is 23.2 Å². The van der Waals surface area contributed by atoms with E-state index in [0.717, 1.165) is 36.8 Å². The van der Waals surface area contributed by atoms with Crippen molar-refractivity contribution in [2.24, 2.45) is 0 Å². The quantitative estimate of drug-likeness (QED) is 0.293.